The van der Waals surface area contributed by atoms with Gasteiger partial charge in [-0.1, -0.05) is 39.8 Å². The number of thiophene rings is 1. The zero-order valence-electron chi connectivity index (χ0n) is 32.4. The topological polar surface area (TPSA) is 178 Å². The van der Waals surface area contributed by atoms with E-state index >= 15 is 0 Å². The molecule has 292 valence electrons. The van der Waals surface area contributed by atoms with Crippen molar-refractivity contribution < 1.29 is 23.9 Å². The summed E-state index contributed by atoms with van der Waals surface area (Å²) in [5, 5.41) is 8.57. The summed E-state index contributed by atoms with van der Waals surface area (Å²) in [6, 6.07) is 10.7. The number of rotatable bonds is 9. The van der Waals surface area contributed by atoms with E-state index in [1.165, 1.54) is 14.0 Å². The third-order valence-corrected chi connectivity index (χ3v) is 12.3. The number of carbonyl (C=O) groups is 4. The summed E-state index contributed by atoms with van der Waals surface area (Å²) in [6.45, 7) is 10.3. The second-order valence-electron chi connectivity index (χ2n) is 15.6. The van der Waals surface area contributed by atoms with Gasteiger partial charge in [-0.3, -0.25) is 14.4 Å². The number of fused-ring (bicyclic) bond motifs is 6. The van der Waals surface area contributed by atoms with Crippen LogP contribution in [-0.4, -0.2) is 90.8 Å². The minimum Gasteiger partial charge on any atom is -0.453 e. The van der Waals surface area contributed by atoms with Gasteiger partial charge in [0, 0.05) is 31.6 Å². The molecule has 2 saturated heterocycles. The number of nitrogens with zero attached hydrogens (tertiary/aromatic N) is 5. The Kier molecular flexibility index (Phi) is 9.89. The Bertz CT molecular complexity index is 2500. The van der Waals surface area contributed by atoms with Crippen LogP contribution in [0.1, 0.15) is 84.0 Å². The number of alkyl carbamates (subject to hydrolysis) is 1. The van der Waals surface area contributed by atoms with E-state index in [2.05, 4.69) is 44.9 Å². The molecule has 4 amide bonds. The Hall–Kier alpha value is -5.57. The summed E-state index contributed by atoms with van der Waals surface area (Å²) < 4.78 is 5.84. The molecular formula is C41H47N9O5S. The number of aromatic nitrogens is 5. The van der Waals surface area contributed by atoms with Crippen molar-refractivity contribution in [3.8, 4) is 10.6 Å². The molecule has 6 aromatic rings. The quantitative estimate of drug-likeness (QED) is 0.125. The standard InChI is InChI=1S/C41H47N9O5S/c1-20(2)32(43-22(5)51)39(52)49-15-8-10-30(49)38-45-27-14-12-24-18-31(56-36(24)35(27)47-38)28-17-23-11-13-26-34(25(23)19-42-28)46-37(44-26)29-9-7-16-50(29)40(53)33(21(3)4)48-41(54)55-6/h11-14,17-21,29-30,32-33,42H,7-10,15-16H2,1-6H3,(H,43,51)(H,45,47)(H,48,54)/t29-,30-,32-,33-/m0/s1. The maximum atomic E-state index is 13.7. The van der Waals surface area contributed by atoms with Crippen LogP contribution in [0.3, 0.4) is 0 Å². The van der Waals surface area contributed by atoms with Crippen molar-refractivity contribution >= 4 is 78.1 Å². The third kappa shape index (κ3) is 6.71. The third-order valence-electron chi connectivity index (χ3n) is 11.2. The summed E-state index contributed by atoms with van der Waals surface area (Å²) in [4.78, 5) is 78.0. The Morgan fingerprint density at radius 3 is 2.21 bits per heavy atom. The van der Waals surface area contributed by atoms with Crippen LogP contribution in [0, 0.1) is 11.8 Å². The number of hydrogen-bond acceptors (Lipinski definition) is 9. The average Bonchev–Trinajstić information content (AvgIpc) is 4.02. The molecule has 15 heteroatoms. The Morgan fingerprint density at radius 2 is 1.52 bits per heavy atom. The molecule has 0 radical (unpaired) electrons. The van der Waals surface area contributed by atoms with Gasteiger partial charge in [0.05, 0.1) is 45.5 Å². The second kappa shape index (κ2) is 14.8. The van der Waals surface area contributed by atoms with E-state index in [1.807, 2.05) is 50.9 Å². The average molecular weight is 778 g/mol. The summed E-state index contributed by atoms with van der Waals surface area (Å²) in [6.07, 6.45) is 4.57. The highest BCUT2D eigenvalue weighted by Gasteiger charge is 2.39. The maximum absolute atomic E-state index is 13.7. The monoisotopic (exact) mass is 777 g/mol. The lowest BCUT2D eigenvalue weighted by Crippen LogP contribution is -2.51. The first-order chi connectivity index (χ1) is 26.9. The number of imidazole rings is 2. The fraction of sp³-hybridized carbons (Fsp3) is 0.439. The molecule has 4 aromatic heterocycles. The van der Waals surface area contributed by atoms with Crippen LogP contribution in [0.15, 0.2) is 42.6 Å². The van der Waals surface area contributed by atoms with Crippen LogP contribution in [0.4, 0.5) is 4.79 Å². The molecular weight excluding hydrogens is 731 g/mol. The Balaban J connectivity index is 1.07. The number of likely N-dealkylation sites (tertiary alicyclic amines) is 2. The molecule has 8 rings (SSSR count). The molecule has 6 heterocycles. The van der Waals surface area contributed by atoms with Gasteiger partial charge in [-0.15, -0.1) is 11.3 Å². The van der Waals surface area contributed by atoms with Crippen LogP contribution < -0.4 is 10.6 Å². The summed E-state index contributed by atoms with van der Waals surface area (Å²) >= 11 is 1.66. The van der Waals surface area contributed by atoms with Crippen LogP contribution >= 0.6 is 11.3 Å². The Morgan fingerprint density at radius 1 is 0.839 bits per heavy atom. The highest BCUT2D eigenvalue weighted by Crippen LogP contribution is 2.40. The number of nitrogens with one attached hydrogen (secondary N) is 4. The number of ether oxygens (including phenoxy) is 1. The SMILES string of the molecule is COC(=O)N[C@H](C(=O)N1CCC[C@H]1c1nc2ccc3cc(-c4cc5ccc6[nH]c([C@@H]7CCCN7C(=O)[C@@H](NC(C)=O)C(C)C)nc6c5s4)[nH]cc3c2n1)C(C)C. The van der Waals surface area contributed by atoms with E-state index in [9.17, 15) is 19.2 Å². The lowest BCUT2D eigenvalue weighted by Gasteiger charge is -2.30. The molecule has 0 spiro atoms. The molecule has 2 aliphatic heterocycles. The fourth-order valence-electron chi connectivity index (χ4n) is 8.28. The van der Waals surface area contributed by atoms with Crippen molar-refractivity contribution in [2.75, 3.05) is 20.2 Å². The molecule has 56 heavy (non-hydrogen) atoms. The predicted octanol–water partition coefficient (Wildman–Crippen LogP) is 6.74. The molecule has 0 saturated carbocycles. The van der Waals surface area contributed by atoms with Crippen molar-refractivity contribution in [1.29, 1.82) is 0 Å². The van der Waals surface area contributed by atoms with E-state index in [-0.39, 0.29) is 41.6 Å². The van der Waals surface area contributed by atoms with E-state index in [0.717, 1.165) is 85.0 Å². The van der Waals surface area contributed by atoms with Crippen LogP contribution in [-0.2, 0) is 19.1 Å². The van der Waals surface area contributed by atoms with Crippen molar-refractivity contribution in [1.82, 2.24) is 45.4 Å². The van der Waals surface area contributed by atoms with Crippen LogP contribution in [0.5, 0.6) is 0 Å². The van der Waals surface area contributed by atoms with Gasteiger partial charge in [0.25, 0.3) is 0 Å². The van der Waals surface area contributed by atoms with Crippen molar-refractivity contribution in [2.24, 2.45) is 11.8 Å². The van der Waals surface area contributed by atoms with Crippen LogP contribution in [0.25, 0.3) is 53.5 Å². The molecule has 0 unspecified atom stereocenters. The van der Waals surface area contributed by atoms with Crippen molar-refractivity contribution in [3.63, 3.8) is 0 Å². The smallest absolute Gasteiger partial charge is 0.407 e. The number of amides is 4. The largest absolute Gasteiger partial charge is 0.453 e. The zero-order valence-corrected chi connectivity index (χ0v) is 33.3. The highest BCUT2D eigenvalue weighted by atomic mass is 32.1. The zero-order chi connectivity index (χ0) is 39.4. The Labute approximate surface area is 327 Å². The minimum atomic E-state index is -0.713. The number of pyridine rings is 1. The minimum absolute atomic E-state index is 0.0393. The highest BCUT2D eigenvalue weighted by molar-refractivity contribution is 7.23. The van der Waals surface area contributed by atoms with Gasteiger partial charge < -0.3 is 35.1 Å². The summed E-state index contributed by atoms with van der Waals surface area (Å²) in [7, 11) is 1.29. The van der Waals surface area contributed by atoms with Gasteiger partial charge in [0.2, 0.25) is 17.7 Å². The number of H-pyrrole nitrogens is 2. The van der Waals surface area contributed by atoms with Gasteiger partial charge in [0.1, 0.15) is 28.9 Å². The summed E-state index contributed by atoms with van der Waals surface area (Å²) in [5.41, 5.74) is 4.28. The molecule has 4 N–H and O–H groups in total. The lowest BCUT2D eigenvalue weighted by atomic mass is 10.0. The van der Waals surface area contributed by atoms with E-state index in [1.54, 1.807) is 16.2 Å². The van der Waals surface area contributed by atoms with Gasteiger partial charge >= 0.3 is 6.09 Å². The first kappa shape index (κ1) is 37.4. The van der Waals surface area contributed by atoms with E-state index in [0.29, 0.717) is 18.9 Å². The van der Waals surface area contributed by atoms with Crippen LogP contribution in [0.2, 0.25) is 0 Å². The van der Waals surface area contributed by atoms with E-state index in [4.69, 9.17) is 19.7 Å². The molecule has 2 aromatic carbocycles. The number of hydrogen-bond donors (Lipinski definition) is 4. The van der Waals surface area contributed by atoms with E-state index < -0.39 is 18.2 Å². The molecule has 0 bridgehead atoms. The molecule has 2 aliphatic rings. The lowest BCUT2D eigenvalue weighted by molar-refractivity contribution is -0.138. The number of methoxy groups -OCH3 is 1. The summed E-state index contributed by atoms with van der Waals surface area (Å²) in [5.74, 6) is 0.751. The number of aromatic amines is 2. The normalized spacial score (nSPS) is 18.5. The first-order valence-electron chi connectivity index (χ1n) is 19.4. The maximum Gasteiger partial charge on any atom is 0.407 e. The van der Waals surface area contributed by atoms with Crippen molar-refractivity contribution in [3.05, 3.63) is 54.2 Å². The first-order valence-corrected chi connectivity index (χ1v) is 20.2. The van der Waals surface area contributed by atoms with Gasteiger partial charge in [-0.2, -0.15) is 0 Å². The molecule has 14 nitrogen and oxygen atoms in total. The predicted molar refractivity (Wildman–Crippen MR) is 216 cm³/mol. The van der Waals surface area contributed by atoms with Gasteiger partial charge in [0.15, 0.2) is 5.82 Å². The number of carbonyl (C=O) groups excluding carboxylic acids is 4. The molecule has 4 atom stereocenters. The molecule has 2 fully saturated rings. The second-order valence-corrected chi connectivity index (χ2v) is 16.7. The van der Waals surface area contributed by atoms with Gasteiger partial charge in [-0.05, 0) is 72.6 Å². The fourth-order valence-corrected chi connectivity index (χ4v) is 9.41. The molecule has 0 aliphatic carbocycles. The number of benzene rings is 2. The van der Waals surface area contributed by atoms with Gasteiger partial charge in [-0.25, -0.2) is 19.7 Å². The van der Waals surface area contributed by atoms with Crippen molar-refractivity contribution in [2.45, 2.75) is 84.5 Å².